The van der Waals surface area contributed by atoms with Crippen molar-refractivity contribution in [1.82, 2.24) is 0 Å². The first-order valence-corrected chi connectivity index (χ1v) is 5.36. The van der Waals surface area contributed by atoms with E-state index in [0.29, 0.717) is 22.6 Å². The number of nitrogens with zero attached hydrogens (tertiary/aromatic N) is 1. The molecular weight excluding hydrogens is 231 g/mol. The van der Waals surface area contributed by atoms with E-state index < -0.39 is 0 Å². The molecule has 2 rings (SSSR count). The van der Waals surface area contributed by atoms with E-state index in [1.807, 2.05) is 6.07 Å². The Morgan fingerprint density at radius 2 is 2.00 bits per heavy atom. The van der Waals surface area contributed by atoms with Gasteiger partial charge in [-0.05, 0) is 30.3 Å². The Labute approximate surface area is 104 Å². The number of para-hydroxylation sites is 1. The second-order valence-corrected chi connectivity index (χ2v) is 3.74. The normalized spacial score (nSPS) is 9.78. The van der Waals surface area contributed by atoms with E-state index in [9.17, 15) is 4.39 Å². The van der Waals surface area contributed by atoms with Crippen LogP contribution in [0.5, 0.6) is 5.75 Å². The summed E-state index contributed by atoms with van der Waals surface area (Å²) in [6, 6.07) is 13.0. The highest BCUT2D eigenvalue weighted by Gasteiger charge is 2.05. The highest BCUT2D eigenvalue weighted by molar-refractivity contribution is 5.47. The highest BCUT2D eigenvalue weighted by Crippen LogP contribution is 2.20. The SMILES string of the molecule is N#Cc1ccccc1OCc1cc(F)ccc1N. The third kappa shape index (κ3) is 2.58. The van der Waals surface area contributed by atoms with Crippen molar-refractivity contribution in [2.75, 3.05) is 5.73 Å². The summed E-state index contributed by atoms with van der Waals surface area (Å²) >= 11 is 0. The van der Waals surface area contributed by atoms with Gasteiger partial charge in [0.25, 0.3) is 0 Å². The summed E-state index contributed by atoms with van der Waals surface area (Å²) in [4.78, 5) is 0. The van der Waals surface area contributed by atoms with Crippen molar-refractivity contribution in [3.63, 3.8) is 0 Å². The van der Waals surface area contributed by atoms with Crippen molar-refractivity contribution < 1.29 is 9.13 Å². The average molecular weight is 242 g/mol. The van der Waals surface area contributed by atoms with Gasteiger partial charge in [0.15, 0.2) is 0 Å². The molecule has 90 valence electrons. The third-order valence-corrected chi connectivity index (χ3v) is 2.50. The number of nitriles is 1. The van der Waals surface area contributed by atoms with Crippen molar-refractivity contribution in [2.45, 2.75) is 6.61 Å². The Hall–Kier alpha value is -2.54. The standard InChI is InChI=1S/C14H11FN2O/c15-12-5-6-13(17)11(7-12)9-18-14-4-2-1-3-10(14)8-16/h1-7H,9,17H2. The monoisotopic (exact) mass is 242 g/mol. The Morgan fingerprint density at radius 3 is 2.78 bits per heavy atom. The van der Waals surface area contributed by atoms with E-state index in [1.165, 1.54) is 18.2 Å². The van der Waals surface area contributed by atoms with Gasteiger partial charge in [-0.3, -0.25) is 0 Å². The molecule has 0 fully saturated rings. The predicted octanol–water partition coefficient (Wildman–Crippen LogP) is 2.86. The predicted molar refractivity (Wildman–Crippen MR) is 66.3 cm³/mol. The summed E-state index contributed by atoms with van der Waals surface area (Å²) < 4.78 is 18.5. The van der Waals surface area contributed by atoms with Gasteiger partial charge in [-0.1, -0.05) is 12.1 Å². The first-order chi connectivity index (χ1) is 8.70. The van der Waals surface area contributed by atoms with Crippen LogP contribution in [-0.2, 0) is 6.61 Å². The fourth-order valence-corrected chi connectivity index (χ4v) is 1.54. The van der Waals surface area contributed by atoms with Crippen LogP contribution in [0.2, 0.25) is 0 Å². The molecular formula is C14H11FN2O. The van der Waals surface area contributed by atoms with Gasteiger partial charge in [0.05, 0.1) is 5.56 Å². The van der Waals surface area contributed by atoms with Gasteiger partial charge in [-0.2, -0.15) is 5.26 Å². The molecule has 3 nitrogen and oxygen atoms in total. The number of benzene rings is 2. The van der Waals surface area contributed by atoms with E-state index in [2.05, 4.69) is 0 Å². The van der Waals surface area contributed by atoms with Crippen molar-refractivity contribution in [3.8, 4) is 11.8 Å². The molecule has 18 heavy (non-hydrogen) atoms. The summed E-state index contributed by atoms with van der Waals surface area (Å²) in [5, 5.41) is 8.90. The molecule has 2 aromatic carbocycles. The molecule has 0 saturated heterocycles. The van der Waals surface area contributed by atoms with Crippen LogP contribution in [0, 0.1) is 17.1 Å². The first kappa shape index (κ1) is 11.9. The van der Waals surface area contributed by atoms with E-state index in [1.54, 1.807) is 24.3 Å². The summed E-state index contributed by atoms with van der Waals surface area (Å²) in [7, 11) is 0. The lowest BCUT2D eigenvalue weighted by molar-refractivity contribution is 0.305. The highest BCUT2D eigenvalue weighted by atomic mass is 19.1. The largest absolute Gasteiger partial charge is 0.487 e. The maximum absolute atomic E-state index is 13.1. The van der Waals surface area contributed by atoms with E-state index in [4.69, 9.17) is 15.7 Å². The van der Waals surface area contributed by atoms with Gasteiger partial charge in [-0.25, -0.2) is 4.39 Å². The number of nitrogens with two attached hydrogens (primary N) is 1. The fourth-order valence-electron chi connectivity index (χ4n) is 1.54. The van der Waals surface area contributed by atoms with Crippen LogP contribution >= 0.6 is 0 Å². The van der Waals surface area contributed by atoms with Gasteiger partial charge in [0.2, 0.25) is 0 Å². The number of hydrogen-bond acceptors (Lipinski definition) is 3. The zero-order chi connectivity index (χ0) is 13.0. The summed E-state index contributed by atoms with van der Waals surface area (Å²) in [5.74, 6) is 0.0972. The molecule has 2 N–H and O–H groups in total. The first-order valence-electron chi connectivity index (χ1n) is 5.36. The van der Waals surface area contributed by atoms with Crippen molar-refractivity contribution in [3.05, 3.63) is 59.4 Å². The number of nitrogen functional groups attached to an aromatic ring is 1. The second kappa shape index (κ2) is 5.19. The number of ether oxygens (including phenoxy) is 1. The van der Waals surface area contributed by atoms with Crippen molar-refractivity contribution in [1.29, 1.82) is 5.26 Å². The molecule has 0 amide bonds. The van der Waals surface area contributed by atoms with E-state index in [-0.39, 0.29) is 12.4 Å². The van der Waals surface area contributed by atoms with E-state index in [0.717, 1.165) is 0 Å². The Balaban J connectivity index is 2.17. The minimum Gasteiger partial charge on any atom is -0.487 e. The fraction of sp³-hybridized carbons (Fsp3) is 0.0714. The lowest BCUT2D eigenvalue weighted by atomic mass is 10.2. The summed E-state index contributed by atoms with van der Waals surface area (Å²) in [6.07, 6.45) is 0. The smallest absolute Gasteiger partial charge is 0.137 e. The van der Waals surface area contributed by atoms with Gasteiger partial charge in [-0.15, -0.1) is 0 Å². The quantitative estimate of drug-likeness (QED) is 0.842. The Kier molecular flexibility index (Phi) is 3.44. The topological polar surface area (TPSA) is 59.0 Å². The van der Waals surface area contributed by atoms with Gasteiger partial charge >= 0.3 is 0 Å². The molecule has 0 aliphatic rings. The lowest BCUT2D eigenvalue weighted by Crippen LogP contribution is -2.01. The van der Waals surface area contributed by atoms with Crippen LogP contribution in [0.15, 0.2) is 42.5 Å². The Bertz CT molecular complexity index is 605. The maximum atomic E-state index is 13.1. The molecule has 0 spiro atoms. The van der Waals surface area contributed by atoms with Crippen LogP contribution in [-0.4, -0.2) is 0 Å². The molecule has 0 saturated carbocycles. The molecule has 0 atom stereocenters. The van der Waals surface area contributed by atoms with Crippen molar-refractivity contribution >= 4 is 5.69 Å². The lowest BCUT2D eigenvalue weighted by Gasteiger charge is -2.09. The molecule has 4 heteroatoms. The van der Waals surface area contributed by atoms with Crippen LogP contribution < -0.4 is 10.5 Å². The molecule has 0 radical (unpaired) electrons. The number of hydrogen-bond donors (Lipinski definition) is 1. The van der Waals surface area contributed by atoms with Crippen molar-refractivity contribution in [2.24, 2.45) is 0 Å². The minimum atomic E-state index is -0.364. The van der Waals surface area contributed by atoms with E-state index >= 15 is 0 Å². The molecule has 2 aromatic rings. The van der Waals surface area contributed by atoms with Gasteiger partial charge in [0.1, 0.15) is 24.2 Å². The zero-order valence-corrected chi connectivity index (χ0v) is 9.56. The van der Waals surface area contributed by atoms with Crippen LogP contribution in [0.25, 0.3) is 0 Å². The van der Waals surface area contributed by atoms with Crippen LogP contribution in [0.1, 0.15) is 11.1 Å². The summed E-state index contributed by atoms with van der Waals surface area (Å²) in [6.45, 7) is 0.127. The average Bonchev–Trinajstić information content (AvgIpc) is 2.40. The number of anilines is 1. The minimum absolute atomic E-state index is 0.127. The maximum Gasteiger partial charge on any atom is 0.137 e. The zero-order valence-electron chi connectivity index (χ0n) is 9.56. The molecule has 0 aliphatic carbocycles. The number of rotatable bonds is 3. The molecule has 0 bridgehead atoms. The molecule has 0 aromatic heterocycles. The Morgan fingerprint density at radius 1 is 1.22 bits per heavy atom. The van der Waals surface area contributed by atoms with Crippen LogP contribution in [0.3, 0.4) is 0 Å². The molecule has 0 aliphatic heterocycles. The third-order valence-electron chi connectivity index (χ3n) is 2.50. The van der Waals surface area contributed by atoms with Gasteiger partial charge < -0.3 is 10.5 Å². The number of halogens is 1. The molecule has 0 heterocycles. The van der Waals surface area contributed by atoms with Crippen LogP contribution in [0.4, 0.5) is 10.1 Å². The van der Waals surface area contributed by atoms with Gasteiger partial charge in [0, 0.05) is 11.3 Å². The second-order valence-electron chi connectivity index (χ2n) is 3.74. The summed E-state index contributed by atoms with van der Waals surface area (Å²) in [5.41, 5.74) is 7.17. The molecule has 0 unspecified atom stereocenters.